The number of rotatable bonds is 4. The number of carbonyl (C=O) groups is 2. The number of aromatic nitrogens is 1. The summed E-state index contributed by atoms with van der Waals surface area (Å²) in [6.45, 7) is 4.49. The molecule has 1 unspecified atom stereocenters. The van der Waals surface area contributed by atoms with Gasteiger partial charge in [0.05, 0.1) is 6.20 Å². The van der Waals surface area contributed by atoms with Gasteiger partial charge in [-0.1, -0.05) is 6.92 Å². The molecule has 0 bridgehead atoms. The minimum absolute atomic E-state index is 0.185. The zero-order valence-corrected chi connectivity index (χ0v) is 9.35. The van der Waals surface area contributed by atoms with Gasteiger partial charge in [-0.25, -0.2) is 4.98 Å². The quantitative estimate of drug-likeness (QED) is 0.572. The number of hydrogen-bond donors (Lipinski definition) is 0. The molecule has 6 heteroatoms. The van der Waals surface area contributed by atoms with Crippen molar-refractivity contribution in [3.63, 3.8) is 0 Å². The Kier molecular flexibility index (Phi) is 4.04. The van der Waals surface area contributed by atoms with Crippen LogP contribution in [0.15, 0.2) is 10.6 Å². The molecule has 0 aliphatic heterocycles. The maximum atomic E-state index is 11.1. The Labute approximate surface area is 92.6 Å². The van der Waals surface area contributed by atoms with Crippen LogP contribution in [0.4, 0.5) is 0 Å². The van der Waals surface area contributed by atoms with Crippen molar-refractivity contribution in [2.24, 2.45) is 0 Å². The van der Waals surface area contributed by atoms with Crippen LogP contribution >= 0.6 is 0 Å². The van der Waals surface area contributed by atoms with Gasteiger partial charge >= 0.3 is 18.2 Å². The Balaban J connectivity index is 2.78. The van der Waals surface area contributed by atoms with E-state index in [1.165, 1.54) is 13.1 Å². The summed E-state index contributed by atoms with van der Waals surface area (Å²) in [6, 6.07) is 0. The van der Waals surface area contributed by atoms with E-state index in [2.05, 4.69) is 4.98 Å². The molecular weight excluding hydrogens is 214 g/mol. The van der Waals surface area contributed by atoms with Crippen molar-refractivity contribution >= 4 is 11.9 Å². The van der Waals surface area contributed by atoms with Crippen LogP contribution in [0, 0.1) is 6.92 Å². The fraction of sp³-hybridized carbons (Fsp3) is 0.500. The zero-order valence-electron chi connectivity index (χ0n) is 9.35. The maximum absolute atomic E-state index is 11.1. The molecule has 0 aromatic carbocycles. The summed E-state index contributed by atoms with van der Waals surface area (Å²) in [7, 11) is 0. The Hall–Kier alpha value is -1.85. The molecular formula is C10H13NO5. The highest BCUT2D eigenvalue weighted by molar-refractivity contribution is 5.70. The number of esters is 2. The first-order valence-electron chi connectivity index (χ1n) is 4.82. The van der Waals surface area contributed by atoms with E-state index in [1.807, 2.05) is 0 Å². The summed E-state index contributed by atoms with van der Waals surface area (Å²) >= 11 is 0. The van der Waals surface area contributed by atoms with Gasteiger partial charge < -0.3 is 13.9 Å². The Bertz CT molecular complexity index is 384. The van der Waals surface area contributed by atoms with Crippen molar-refractivity contribution in [1.29, 1.82) is 0 Å². The lowest BCUT2D eigenvalue weighted by Crippen LogP contribution is -2.15. The summed E-state index contributed by atoms with van der Waals surface area (Å²) in [6.07, 6.45) is 0.377. The van der Waals surface area contributed by atoms with Crippen LogP contribution in [0.1, 0.15) is 38.2 Å². The fourth-order valence-corrected chi connectivity index (χ4v) is 0.980. The molecule has 0 aliphatic rings. The third kappa shape index (κ3) is 3.38. The summed E-state index contributed by atoms with van der Waals surface area (Å²) in [4.78, 5) is 25.8. The predicted octanol–water partition coefficient (Wildman–Crippen LogP) is 1.50. The number of oxazole rings is 1. The first-order chi connectivity index (χ1) is 7.52. The van der Waals surface area contributed by atoms with Crippen molar-refractivity contribution in [2.75, 3.05) is 0 Å². The van der Waals surface area contributed by atoms with E-state index < -0.39 is 18.2 Å². The van der Waals surface area contributed by atoms with Crippen molar-refractivity contribution in [2.45, 2.75) is 33.5 Å². The minimum Gasteiger partial charge on any atom is -0.438 e. The first kappa shape index (κ1) is 12.2. The maximum Gasteiger partial charge on any atom is 0.308 e. The average Bonchev–Trinajstić information content (AvgIpc) is 2.63. The summed E-state index contributed by atoms with van der Waals surface area (Å²) in [5.74, 6) is -0.461. The topological polar surface area (TPSA) is 78.6 Å². The lowest BCUT2D eigenvalue weighted by molar-refractivity contribution is -0.191. The van der Waals surface area contributed by atoms with Gasteiger partial charge in [-0.05, 0) is 0 Å². The summed E-state index contributed by atoms with van der Waals surface area (Å²) in [5, 5.41) is 0. The normalized spacial score (nSPS) is 11.9. The third-order valence-electron chi connectivity index (χ3n) is 1.67. The van der Waals surface area contributed by atoms with E-state index in [0.29, 0.717) is 5.89 Å². The number of hydrogen-bond acceptors (Lipinski definition) is 6. The lowest BCUT2D eigenvalue weighted by Gasteiger charge is -2.14. The molecule has 0 radical (unpaired) electrons. The zero-order chi connectivity index (χ0) is 12.1. The molecule has 0 N–H and O–H groups in total. The molecule has 0 saturated carbocycles. The van der Waals surface area contributed by atoms with E-state index in [4.69, 9.17) is 13.9 Å². The molecule has 1 aromatic heterocycles. The van der Waals surface area contributed by atoms with Gasteiger partial charge in [-0.2, -0.15) is 0 Å². The monoisotopic (exact) mass is 227 g/mol. The van der Waals surface area contributed by atoms with Crippen LogP contribution in [-0.2, 0) is 19.1 Å². The molecule has 0 amide bonds. The van der Waals surface area contributed by atoms with Crippen molar-refractivity contribution in [3.05, 3.63) is 17.8 Å². The standard InChI is InChI=1S/C10H13NO5/c1-4-9(13)16-10(15-7(3)12)8-5-11-6(2)14-8/h5,10H,4H2,1-3H3. The van der Waals surface area contributed by atoms with E-state index in [9.17, 15) is 9.59 Å². The van der Waals surface area contributed by atoms with Gasteiger partial charge in [0.1, 0.15) is 0 Å². The summed E-state index contributed by atoms with van der Waals surface area (Å²) in [5.41, 5.74) is 0. The van der Waals surface area contributed by atoms with E-state index in [-0.39, 0.29) is 12.2 Å². The minimum atomic E-state index is -1.16. The first-order valence-corrected chi connectivity index (χ1v) is 4.82. The smallest absolute Gasteiger partial charge is 0.308 e. The third-order valence-corrected chi connectivity index (χ3v) is 1.67. The van der Waals surface area contributed by atoms with Gasteiger partial charge in [0.2, 0.25) is 5.76 Å². The molecule has 0 spiro atoms. The molecule has 1 atom stereocenters. The number of aryl methyl sites for hydroxylation is 1. The highest BCUT2D eigenvalue weighted by Gasteiger charge is 2.22. The van der Waals surface area contributed by atoms with Crippen LogP contribution < -0.4 is 0 Å². The molecule has 1 heterocycles. The van der Waals surface area contributed by atoms with Gasteiger partial charge in [0.15, 0.2) is 5.89 Å². The number of nitrogens with zero attached hydrogens (tertiary/aromatic N) is 1. The van der Waals surface area contributed by atoms with Crippen LogP contribution in [0.5, 0.6) is 0 Å². The largest absolute Gasteiger partial charge is 0.438 e. The molecule has 1 rings (SSSR count). The number of carbonyl (C=O) groups excluding carboxylic acids is 2. The predicted molar refractivity (Wildman–Crippen MR) is 52.1 cm³/mol. The van der Waals surface area contributed by atoms with Crippen LogP contribution in [-0.4, -0.2) is 16.9 Å². The van der Waals surface area contributed by atoms with Crippen LogP contribution in [0.25, 0.3) is 0 Å². The second kappa shape index (κ2) is 5.29. The molecule has 1 aromatic rings. The fourth-order valence-electron chi connectivity index (χ4n) is 0.980. The van der Waals surface area contributed by atoms with E-state index >= 15 is 0 Å². The molecule has 88 valence electrons. The van der Waals surface area contributed by atoms with Crippen molar-refractivity contribution in [3.8, 4) is 0 Å². The number of ether oxygens (including phenoxy) is 2. The highest BCUT2D eigenvalue weighted by Crippen LogP contribution is 2.20. The van der Waals surface area contributed by atoms with Gasteiger partial charge in [-0.3, -0.25) is 9.59 Å². The molecule has 16 heavy (non-hydrogen) atoms. The van der Waals surface area contributed by atoms with Crippen molar-refractivity contribution < 1.29 is 23.5 Å². The second-order valence-electron chi connectivity index (χ2n) is 3.07. The SMILES string of the molecule is CCC(=O)OC(OC(C)=O)c1cnc(C)o1. The lowest BCUT2D eigenvalue weighted by atomic mass is 10.4. The highest BCUT2D eigenvalue weighted by atomic mass is 16.7. The van der Waals surface area contributed by atoms with Crippen LogP contribution in [0.3, 0.4) is 0 Å². The van der Waals surface area contributed by atoms with E-state index in [1.54, 1.807) is 13.8 Å². The molecule has 6 nitrogen and oxygen atoms in total. The molecule has 0 fully saturated rings. The van der Waals surface area contributed by atoms with Crippen LogP contribution in [0.2, 0.25) is 0 Å². The van der Waals surface area contributed by atoms with Crippen molar-refractivity contribution in [1.82, 2.24) is 4.98 Å². The Morgan fingerprint density at radius 3 is 2.62 bits per heavy atom. The molecule has 0 saturated heterocycles. The Morgan fingerprint density at radius 2 is 2.19 bits per heavy atom. The van der Waals surface area contributed by atoms with Gasteiger partial charge in [0, 0.05) is 20.3 Å². The second-order valence-corrected chi connectivity index (χ2v) is 3.07. The van der Waals surface area contributed by atoms with Gasteiger partial charge in [0.25, 0.3) is 0 Å². The molecule has 0 aliphatic carbocycles. The van der Waals surface area contributed by atoms with E-state index in [0.717, 1.165) is 0 Å². The summed E-state index contributed by atoms with van der Waals surface area (Å²) < 4.78 is 14.8. The average molecular weight is 227 g/mol. The van der Waals surface area contributed by atoms with Gasteiger partial charge in [-0.15, -0.1) is 0 Å². The Morgan fingerprint density at radius 1 is 1.50 bits per heavy atom.